The van der Waals surface area contributed by atoms with E-state index in [1.807, 2.05) is 13.8 Å². The van der Waals surface area contributed by atoms with Gasteiger partial charge in [0.05, 0.1) is 31.0 Å². The van der Waals surface area contributed by atoms with Crippen molar-refractivity contribution in [1.29, 1.82) is 0 Å². The second-order valence-electron chi connectivity index (χ2n) is 12.9. The Balaban J connectivity index is 1.31. The molecule has 2 amide bonds. The Hall–Kier alpha value is -4.97. The third kappa shape index (κ3) is 8.17. The van der Waals surface area contributed by atoms with E-state index >= 15 is 0 Å². The van der Waals surface area contributed by atoms with E-state index in [-0.39, 0.29) is 41.7 Å². The van der Waals surface area contributed by atoms with Crippen LogP contribution in [0.2, 0.25) is 0 Å². The Morgan fingerprint density at radius 1 is 0.882 bits per heavy atom. The molecule has 12 heteroatoms. The molecule has 3 aromatic carbocycles. The number of benzene rings is 3. The minimum absolute atomic E-state index is 0.01000. The number of piperidine rings is 3. The van der Waals surface area contributed by atoms with Crippen LogP contribution in [0.3, 0.4) is 0 Å². The lowest BCUT2D eigenvalue weighted by Crippen LogP contribution is -2.57. The van der Waals surface area contributed by atoms with Crippen molar-refractivity contribution in [2.75, 3.05) is 50.9 Å². The number of aromatic nitrogens is 1. The smallest absolute Gasteiger partial charge is 0.263 e. The largest absolute Gasteiger partial charge is 0.494 e. The number of anilines is 1. The highest BCUT2D eigenvalue weighted by molar-refractivity contribution is 6.07. The van der Waals surface area contributed by atoms with Crippen molar-refractivity contribution < 1.29 is 32.6 Å². The first-order valence-corrected chi connectivity index (χ1v) is 17.7. The van der Waals surface area contributed by atoms with E-state index in [4.69, 9.17) is 14.2 Å². The number of hydrogen-bond donors (Lipinski definition) is 1. The highest BCUT2D eigenvalue weighted by Crippen LogP contribution is 2.31. The first-order chi connectivity index (χ1) is 24.7. The number of carbonyl (C=O) groups is 2. The summed E-state index contributed by atoms with van der Waals surface area (Å²) in [4.78, 5) is 44.3. The van der Waals surface area contributed by atoms with Gasteiger partial charge in [-0.3, -0.25) is 14.4 Å². The Morgan fingerprint density at radius 3 is 2.18 bits per heavy atom. The molecule has 270 valence electrons. The molecule has 4 aromatic rings. The molecule has 3 saturated heterocycles. The molecule has 1 unspecified atom stereocenters. The van der Waals surface area contributed by atoms with Crippen molar-refractivity contribution in [3.05, 3.63) is 88.2 Å². The molecule has 1 atom stereocenters. The molecule has 1 N–H and O–H groups in total. The summed E-state index contributed by atoms with van der Waals surface area (Å²) < 4.78 is 47.7. The van der Waals surface area contributed by atoms with Gasteiger partial charge < -0.3 is 33.9 Å². The number of hydrogen-bond acceptors (Lipinski definition) is 7. The maximum atomic E-state index is 14.2. The molecule has 7 rings (SSSR count). The molecule has 4 heterocycles. The molecule has 10 nitrogen and oxygen atoms in total. The van der Waals surface area contributed by atoms with Gasteiger partial charge in [0.1, 0.15) is 34.4 Å². The summed E-state index contributed by atoms with van der Waals surface area (Å²) in [6.07, 6.45) is 4.52. The number of carbonyl (C=O) groups excluding carboxylic acids is 2. The quantitative estimate of drug-likeness (QED) is 0.159. The summed E-state index contributed by atoms with van der Waals surface area (Å²) in [7, 11) is 0. The van der Waals surface area contributed by atoms with Gasteiger partial charge >= 0.3 is 0 Å². The van der Waals surface area contributed by atoms with Crippen LogP contribution in [0.4, 0.5) is 14.5 Å². The molecular formula is C39H44F2N4O6. The zero-order valence-corrected chi connectivity index (χ0v) is 29.3. The predicted octanol–water partition coefficient (Wildman–Crippen LogP) is 6.10. The number of rotatable bonds is 14. The third-order valence-corrected chi connectivity index (χ3v) is 9.51. The Kier molecular flexibility index (Phi) is 11.2. The lowest BCUT2D eigenvalue weighted by molar-refractivity contribution is -0.123. The number of nitrogens with zero attached hydrogens (tertiary/aromatic N) is 3. The summed E-state index contributed by atoms with van der Waals surface area (Å²) >= 11 is 0. The molecule has 1 aromatic heterocycles. The molecule has 0 spiro atoms. The molecule has 51 heavy (non-hydrogen) atoms. The number of fused-ring (bicyclic) bond motifs is 4. The van der Waals surface area contributed by atoms with Gasteiger partial charge in [-0.25, -0.2) is 8.78 Å². The lowest BCUT2D eigenvalue weighted by atomic mass is 9.84. The fraction of sp³-hybridized carbons (Fsp3) is 0.410. The van der Waals surface area contributed by atoms with Crippen LogP contribution < -0.4 is 29.9 Å². The molecular weight excluding hydrogens is 658 g/mol. The molecule has 0 aliphatic carbocycles. The lowest BCUT2D eigenvalue weighted by Gasteiger charge is -2.44. The van der Waals surface area contributed by atoms with E-state index in [1.165, 1.54) is 6.20 Å². The average molecular weight is 703 g/mol. The van der Waals surface area contributed by atoms with Crippen LogP contribution in [0.25, 0.3) is 16.6 Å². The normalized spacial score (nSPS) is 18.0. The van der Waals surface area contributed by atoms with Crippen LogP contribution in [-0.2, 0) is 4.79 Å². The maximum Gasteiger partial charge on any atom is 0.263 e. The van der Waals surface area contributed by atoms with Gasteiger partial charge in [0, 0.05) is 73.2 Å². The van der Waals surface area contributed by atoms with Crippen molar-refractivity contribution >= 4 is 28.4 Å². The number of pyridine rings is 1. The Labute approximate surface area is 295 Å². The van der Waals surface area contributed by atoms with Crippen molar-refractivity contribution in [1.82, 2.24) is 14.8 Å². The van der Waals surface area contributed by atoms with Gasteiger partial charge in [0.15, 0.2) is 0 Å². The highest BCUT2D eigenvalue weighted by atomic mass is 19.1. The first-order valence-electron chi connectivity index (χ1n) is 17.7. The van der Waals surface area contributed by atoms with Gasteiger partial charge in [-0.05, 0) is 83.3 Å². The van der Waals surface area contributed by atoms with Crippen LogP contribution in [0.15, 0.2) is 65.6 Å². The minimum Gasteiger partial charge on any atom is -0.494 e. The predicted molar refractivity (Wildman–Crippen MR) is 191 cm³/mol. The van der Waals surface area contributed by atoms with Crippen LogP contribution in [0, 0.1) is 17.6 Å². The van der Waals surface area contributed by atoms with E-state index < -0.39 is 23.0 Å². The minimum atomic E-state index is -0.842. The number of amides is 2. The summed E-state index contributed by atoms with van der Waals surface area (Å²) in [5.41, 5.74) is 0.235. The summed E-state index contributed by atoms with van der Waals surface area (Å²) in [6, 6.07) is 13.3. The van der Waals surface area contributed by atoms with E-state index in [0.29, 0.717) is 60.4 Å². The van der Waals surface area contributed by atoms with Gasteiger partial charge in [-0.15, -0.1) is 0 Å². The van der Waals surface area contributed by atoms with E-state index in [0.717, 1.165) is 55.6 Å². The number of ether oxygens (including phenoxy) is 3. The topological polar surface area (TPSA) is 102 Å². The highest BCUT2D eigenvalue weighted by Gasteiger charge is 2.34. The van der Waals surface area contributed by atoms with Crippen LogP contribution in [0.5, 0.6) is 17.2 Å². The molecule has 0 radical (unpaired) electrons. The van der Waals surface area contributed by atoms with Crippen molar-refractivity contribution in [3.8, 4) is 22.9 Å². The third-order valence-electron chi connectivity index (χ3n) is 9.51. The second kappa shape index (κ2) is 15.9. The van der Waals surface area contributed by atoms with Gasteiger partial charge in [0.2, 0.25) is 11.3 Å². The summed E-state index contributed by atoms with van der Waals surface area (Å²) in [5.74, 6) is -0.316. The molecule has 3 fully saturated rings. The molecule has 0 saturated carbocycles. The standard InChI is InChI=1S/C39H44F2N4O6/c1-4-44(28-17-26(40)16-27(41)18-28)39(48)34-23-45(29-19-31(49-5-2)21-32(20-29)50-6-3)36-22-30(9-10-33(36)38(34)47)51-15-7-8-37(46)42-35-24-43-13-11-25(35)12-14-43/h9-10,16-23,25,35H,4-8,11-15,24H2,1-3H3,(H,42,46). The van der Waals surface area contributed by atoms with Crippen LogP contribution in [-0.4, -0.2) is 73.3 Å². The van der Waals surface area contributed by atoms with Crippen LogP contribution >= 0.6 is 0 Å². The van der Waals surface area contributed by atoms with E-state index in [2.05, 4.69) is 10.2 Å². The summed E-state index contributed by atoms with van der Waals surface area (Å²) in [6.45, 7) is 9.65. The van der Waals surface area contributed by atoms with Gasteiger partial charge in [-0.2, -0.15) is 0 Å². The zero-order valence-electron chi connectivity index (χ0n) is 29.3. The maximum absolute atomic E-state index is 14.2. The number of nitrogens with one attached hydrogen (secondary N) is 1. The van der Waals surface area contributed by atoms with E-state index in [9.17, 15) is 23.2 Å². The first kappa shape index (κ1) is 35.8. The fourth-order valence-corrected chi connectivity index (χ4v) is 7.07. The van der Waals surface area contributed by atoms with Crippen molar-refractivity contribution in [2.24, 2.45) is 5.92 Å². The van der Waals surface area contributed by atoms with E-state index in [1.54, 1.807) is 47.9 Å². The van der Waals surface area contributed by atoms with Crippen molar-refractivity contribution in [3.63, 3.8) is 0 Å². The number of halogens is 2. The average Bonchev–Trinajstić information content (AvgIpc) is 3.11. The molecule has 3 aliphatic heterocycles. The Bertz CT molecular complexity index is 1910. The van der Waals surface area contributed by atoms with Crippen molar-refractivity contribution in [2.45, 2.75) is 52.5 Å². The Morgan fingerprint density at radius 2 is 1.57 bits per heavy atom. The SMILES string of the molecule is CCOc1cc(OCC)cc(-n2cc(C(=O)N(CC)c3cc(F)cc(F)c3)c(=O)c3ccc(OCCCC(=O)NC4CN5CCC4CC5)cc32)c1. The van der Waals surface area contributed by atoms with Crippen LogP contribution in [0.1, 0.15) is 56.8 Å². The second-order valence-corrected chi connectivity index (χ2v) is 12.9. The molecule has 3 aliphatic rings. The van der Waals surface area contributed by atoms with Gasteiger partial charge in [0.25, 0.3) is 5.91 Å². The fourth-order valence-electron chi connectivity index (χ4n) is 7.07. The molecule has 2 bridgehead atoms. The zero-order chi connectivity index (χ0) is 36.1. The monoisotopic (exact) mass is 702 g/mol. The summed E-state index contributed by atoms with van der Waals surface area (Å²) in [5, 5.41) is 3.44. The van der Waals surface area contributed by atoms with Gasteiger partial charge in [-0.1, -0.05) is 0 Å².